The van der Waals surface area contributed by atoms with E-state index >= 15 is 0 Å². The van der Waals surface area contributed by atoms with Gasteiger partial charge in [0.1, 0.15) is 6.61 Å². The van der Waals surface area contributed by atoms with Crippen molar-refractivity contribution in [2.24, 2.45) is 35.6 Å². The highest BCUT2D eigenvalue weighted by molar-refractivity contribution is 7.46. The number of ketones is 1. The van der Waals surface area contributed by atoms with Gasteiger partial charge in [-0.25, -0.2) is 4.57 Å². The number of aliphatic hydroxyl groups is 3. The molecule has 0 radical (unpaired) electrons. The number of carbonyl (C=O) groups is 1. The Morgan fingerprint density at radius 3 is 2.57 bits per heavy atom. The summed E-state index contributed by atoms with van der Waals surface area (Å²) >= 11 is 0. The van der Waals surface area contributed by atoms with Crippen molar-refractivity contribution in [3.63, 3.8) is 0 Å². The van der Waals surface area contributed by atoms with Crippen LogP contribution in [0.25, 0.3) is 0 Å². The van der Waals surface area contributed by atoms with Gasteiger partial charge in [-0.1, -0.05) is 61.9 Å². The van der Waals surface area contributed by atoms with Crippen molar-refractivity contribution in [1.29, 1.82) is 0 Å². The van der Waals surface area contributed by atoms with Gasteiger partial charge in [0.15, 0.2) is 17.7 Å². The highest BCUT2D eigenvalue weighted by Crippen LogP contribution is 2.70. The van der Waals surface area contributed by atoms with E-state index in [0.717, 1.165) is 35.2 Å². The minimum Gasteiger partial charge on any atom is -0.393 e. The Morgan fingerprint density at radius 1 is 1.15 bits per heavy atom. The number of rotatable bonds is 8. The van der Waals surface area contributed by atoms with Crippen molar-refractivity contribution in [1.82, 2.24) is 4.57 Å². The zero-order valence-corrected chi connectivity index (χ0v) is 27.8. The van der Waals surface area contributed by atoms with Crippen LogP contribution in [0.4, 0.5) is 0 Å². The van der Waals surface area contributed by atoms with Crippen molar-refractivity contribution >= 4 is 13.6 Å². The lowest BCUT2D eigenvalue weighted by molar-refractivity contribution is -0.201. The number of Topliss-reactive ketones (excluding diaryl/α,β-unsaturated/α-hetero) is 1. The molecule has 12 heteroatoms. The second kappa shape index (κ2) is 11.6. The van der Waals surface area contributed by atoms with Gasteiger partial charge in [0, 0.05) is 47.7 Å². The van der Waals surface area contributed by atoms with Crippen molar-refractivity contribution in [2.45, 2.75) is 82.8 Å². The molecule has 1 aliphatic heterocycles. The van der Waals surface area contributed by atoms with Crippen LogP contribution >= 0.6 is 7.82 Å². The van der Waals surface area contributed by atoms with Gasteiger partial charge in [0.25, 0.3) is 0 Å². The number of aliphatic hydroxyl groups excluding tert-OH is 3. The van der Waals surface area contributed by atoms with Crippen molar-refractivity contribution < 1.29 is 48.5 Å². The Bertz CT molecular complexity index is 1660. The molecule has 1 unspecified atom stereocenters. The lowest BCUT2D eigenvalue weighted by atomic mass is 9.46. The molecule has 254 valence electrons. The summed E-state index contributed by atoms with van der Waals surface area (Å²) in [5.41, 5.74) is 1.75. The lowest BCUT2D eigenvalue weighted by Gasteiger charge is -2.60. The summed E-state index contributed by atoms with van der Waals surface area (Å²) in [7, 11) is -3.04. The molecule has 10 atom stereocenters. The lowest BCUT2D eigenvalue weighted by Crippen LogP contribution is -2.63. The van der Waals surface area contributed by atoms with Gasteiger partial charge in [-0.3, -0.25) is 9.32 Å². The Morgan fingerprint density at radius 2 is 1.87 bits per heavy atom. The Kier molecular flexibility index (Phi) is 8.15. The van der Waals surface area contributed by atoms with Crippen LogP contribution in [0.5, 0.6) is 0 Å². The second-order valence-corrected chi connectivity index (χ2v) is 15.8. The molecule has 4 aliphatic carbocycles. The number of hydrogen-bond donors (Lipinski definition) is 5. The van der Waals surface area contributed by atoms with Gasteiger partial charge in [0.05, 0.1) is 24.9 Å². The third-order valence-electron chi connectivity index (χ3n) is 12.1. The number of allylic oxidation sites excluding steroid dienone is 2. The average Bonchev–Trinajstić information content (AvgIpc) is 3.65. The van der Waals surface area contributed by atoms with E-state index in [1.165, 1.54) is 0 Å². The highest BCUT2D eigenvalue weighted by Gasteiger charge is 2.76. The summed E-state index contributed by atoms with van der Waals surface area (Å²) in [5, 5.41) is 31.6. The number of fused-ring (bicyclic) bond motifs is 7. The minimum atomic E-state index is -4.96. The van der Waals surface area contributed by atoms with Crippen LogP contribution in [0.1, 0.15) is 68.2 Å². The van der Waals surface area contributed by atoms with Crippen LogP contribution < -0.4 is 0 Å². The van der Waals surface area contributed by atoms with E-state index in [1.54, 1.807) is 6.08 Å². The molecule has 1 aromatic heterocycles. The fraction of sp³-hybridized carbons (Fsp3) is 0.571. The molecule has 7 rings (SSSR count). The first-order chi connectivity index (χ1) is 22.2. The van der Waals surface area contributed by atoms with E-state index < -0.39 is 61.2 Å². The first-order valence-corrected chi connectivity index (χ1v) is 17.9. The third-order valence-corrected chi connectivity index (χ3v) is 12.6. The quantitative estimate of drug-likeness (QED) is 0.207. The minimum absolute atomic E-state index is 0.0231. The van der Waals surface area contributed by atoms with Gasteiger partial charge in [-0.05, 0) is 54.7 Å². The van der Waals surface area contributed by atoms with Gasteiger partial charge in [-0.2, -0.15) is 0 Å². The number of benzene rings is 1. The maximum Gasteiger partial charge on any atom is 0.470 e. The Hall–Kier alpha value is -2.44. The van der Waals surface area contributed by atoms with E-state index in [2.05, 4.69) is 6.92 Å². The third kappa shape index (κ3) is 5.26. The van der Waals surface area contributed by atoms with Gasteiger partial charge >= 0.3 is 7.82 Å². The zero-order chi connectivity index (χ0) is 33.5. The molecule has 0 bridgehead atoms. The second-order valence-electron chi connectivity index (χ2n) is 14.6. The SMILES string of the molecule is Cn1cc([C@@H]2O[C@@H]3C[C@H]4[C@@H]5CCC6=CC(O)C=C[C@]6(C)[C@H]5[C@@H](O)C[C@]4(C)[C@]3(C(=O)COP(=O)(O)O)O2)cc1Cc1ccc(CO)cc1. The van der Waals surface area contributed by atoms with Gasteiger partial charge < -0.3 is 39.1 Å². The largest absolute Gasteiger partial charge is 0.470 e. The van der Waals surface area contributed by atoms with Crippen LogP contribution in [-0.4, -0.2) is 66.0 Å². The van der Waals surface area contributed by atoms with E-state index in [4.69, 9.17) is 14.0 Å². The number of phosphoric acid groups is 1. The molecule has 0 spiro atoms. The van der Waals surface area contributed by atoms with Crippen LogP contribution in [0.15, 0.2) is 60.3 Å². The number of carbonyl (C=O) groups excluding carboxylic acids is 1. The molecule has 11 nitrogen and oxygen atoms in total. The molecule has 47 heavy (non-hydrogen) atoms. The maximum absolute atomic E-state index is 14.3. The molecule has 1 saturated heterocycles. The standard InChI is InChI=1S/C35H44NO10P/c1-33-11-10-25(38)14-23(33)8-9-26-27-15-30-35(29(40)19-44-47(41,42)43,34(27,2)16-28(39)31(26)33)46-32(45-30)22-13-24(36(3)17-22)12-20-4-6-21(18-37)7-5-20/h4-7,10-11,13-14,17,25-28,30-32,37-39H,8-9,12,15-16,18-19H2,1-3H3,(H2,41,42,43)/t25?,26-,27-,28-,30+,31+,32+,33-,34-,35+/m0/s1. The number of hydrogen-bond acceptors (Lipinski definition) is 8. The summed E-state index contributed by atoms with van der Waals surface area (Å²) in [5.74, 6) is -0.796. The average molecular weight is 670 g/mol. The van der Waals surface area contributed by atoms with Crippen LogP contribution in [-0.2, 0) is 43.4 Å². The van der Waals surface area contributed by atoms with Crippen LogP contribution in [0.2, 0.25) is 0 Å². The molecule has 1 aromatic carbocycles. The smallest absolute Gasteiger partial charge is 0.393 e. The molecule has 5 N–H and O–H groups in total. The predicted molar refractivity (Wildman–Crippen MR) is 169 cm³/mol. The zero-order valence-electron chi connectivity index (χ0n) is 26.9. The van der Waals surface area contributed by atoms with Crippen LogP contribution in [0, 0.1) is 28.6 Å². The number of nitrogens with zero attached hydrogens (tertiary/aromatic N) is 1. The molecule has 2 heterocycles. The number of phosphoric ester groups is 1. The summed E-state index contributed by atoms with van der Waals surface area (Å²) in [6, 6.07) is 9.69. The molecule has 5 aliphatic rings. The Balaban J connectivity index is 1.21. The summed E-state index contributed by atoms with van der Waals surface area (Å²) in [6.07, 6.45) is 7.37. The molecular formula is C35H44NO10P. The van der Waals surface area contributed by atoms with Gasteiger partial charge in [-0.15, -0.1) is 0 Å². The van der Waals surface area contributed by atoms with E-state index in [1.807, 2.05) is 67.2 Å². The highest BCUT2D eigenvalue weighted by atomic mass is 31.2. The number of aromatic nitrogens is 1. The van der Waals surface area contributed by atoms with Crippen molar-refractivity contribution in [2.75, 3.05) is 6.61 Å². The van der Waals surface area contributed by atoms with Crippen LogP contribution in [0.3, 0.4) is 0 Å². The van der Waals surface area contributed by atoms with E-state index in [-0.39, 0.29) is 30.8 Å². The fourth-order valence-corrected chi connectivity index (χ4v) is 10.3. The molecule has 0 amide bonds. The molecule has 3 saturated carbocycles. The topological polar surface area (TPSA) is 168 Å². The summed E-state index contributed by atoms with van der Waals surface area (Å²) < 4.78 is 31.8. The van der Waals surface area contributed by atoms with E-state index in [9.17, 15) is 34.5 Å². The number of aryl methyl sites for hydroxylation is 1. The first kappa shape index (κ1) is 33.1. The fourth-order valence-electron chi connectivity index (χ4n) is 10.0. The predicted octanol–water partition coefficient (Wildman–Crippen LogP) is 3.62. The maximum atomic E-state index is 14.3. The first-order valence-electron chi connectivity index (χ1n) is 16.4. The Labute approximate surface area is 274 Å². The van der Waals surface area contributed by atoms with Crippen molar-refractivity contribution in [3.05, 3.63) is 82.7 Å². The van der Waals surface area contributed by atoms with Gasteiger partial charge in [0.2, 0.25) is 0 Å². The molecular weight excluding hydrogens is 625 g/mol. The van der Waals surface area contributed by atoms with Crippen molar-refractivity contribution in [3.8, 4) is 0 Å². The summed E-state index contributed by atoms with van der Waals surface area (Å²) in [6.45, 7) is 3.20. The molecule has 2 aromatic rings. The monoisotopic (exact) mass is 669 g/mol. The summed E-state index contributed by atoms with van der Waals surface area (Å²) in [4.78, 5) is 33.2. The number of ether oxygens (including phenoxy) is 2. The normalized spacial score (nSPS) is 39.1. The van der Waals surface area contributed by atoms with E-state index in [0.29, 0.717) is 18.4 Å². The molecule has 4 fully saturated rings.